The molecule has 0 aliphatic heterocycles. The van der Waals surface area contributed by atoms with Crippen LogP contribution in [0.3, 0.4) is 0 Å². The van der Waals surface area contributed by atoms with E-state index in [2.05, 4.69) is 60.7 Å². The van der Waals surface area contributed by atoms with Crippen LogP contribution >= 0.6 is 0 Å². The lowest BCUT2D eigenvalue weighted by atomic mass is 9.95. The number of hydrogen-bond acceptors (Lipinski definition) is 1. The normalized spacial score (nSPS) is 10.3. The Morgan fingerprint density at radius 2 is 0.947 bits per heavy atom. The van der Waals surface area contributed by atoms with Crippen molar-refractivity contribution in [1.29, 1.82) is 0 Å². The molecule has 92 valence electrons. The Kier molecular flexibility index (Phi) is 3.03. The zero-order valence-electron chi connectivity index (χ0n) is 10.6. The molecule has 0 bridgehead atoms. The van der Waals surface area contributed by atoms with E-state index in [0.717, 1.165) is 5.69 Å². The van der Waals surface area contributed by atoms with Crippen LogP contribution in [0.25, 0.3) is 22.3 Å². The van der Waals surface area contributed by atoms with Crippen molar-refractivity contribution >= 4 is 5.69 Å². The Bertz CT molecular complexity index is 670. The zero-order valence-corrected chi connectivity index (χ0v) is 10.6. The summed E-state index contributed by atoms with van der Waals surface area (Å²) < 4.78 is 0. The molecule has 1 heteroatoms. The molecule has 0 saturated heterocycles. The molecule has 0 amide bonds. The highest BCUT2D eigenvalue weighted by Crippen LogP contribution is 2.31. The summed E-state index contributed by atoms with van der Waals surface area (Å²) in [5, 5.41) is 0. The molecule has 0 saturated carbocycles. The SMILES string of the molecule is Nc1ccc(-c2ccccc2-c2ccccc2)cc1. The standard InChI is InChI=1S/C18H15N/c19-16-12-10-15(11-13-16)18-9-5-4-8-17(18)14-6-2-1-3-7-14/h1-13H,19H2. The molecule has 3 rings (SSSR count). The van der Waals surface area contributed by atoms with Gasteiger partial charge in [0.05, 0.1) is 0 Å². The number of benzene rings is 3. The Morgan fingerprint density at radius 1 is 0.474 bits per heavy atom. The molecule has 3 aromatic carbocycles. The molecule has 2 N–H and O–H groups in total. The monoisotopic (exact) mass is 245 g/mol. The van der Waals surface area contributed by atoms with Crippen LogP contribution in [0.4, 0.5) is 5.69 Å². The summed E-state index contributed by atoms with van der Waals surface area (Å²) in [6, 6.07) is 26.9. The van der Waals surface area contributed by atoms with Crippen LogP contribution in [0, 0.1) is 0 Å². The number of nitrogens with two attached hydrogens (primary N) is 1. The van der Waals surface area contributed by atoms with E-state index in [1.807, 2.05) is 18.2 Å². The van der Waals surface area contributed by atoms with Crippen LogP contribution in [0.15, 0.2) is 78.9 Å². The minimum Gasteiger partial charge on any atom is -0.399 e. The van der Waals surface area contributed by atoms with Gasteiger partial charge in [-0.05, 0) is 34.4 Å². The van der Waals surface area contributed by atoms with Crippen LogP contribution in [0.1, 0.15) is 0 Å². The summed E-state index contributed by atoms with van der Waals surface area (Å²) in [6.07, 6.45) is 0. The van der Waals surface area contributed by atoms with Crippen molar-refractivity contribution in [3.63, 3.8) is 0 Å². The fourth-order valence-electron chi connectivity index (χ4n) is 2.27. The molecule has 0 heterocycles. The smallest absolute Gasteiger partial charge is 0.0314 e. The van der Waals surface area contributed by atoms with Crippen molar-refractivity contribution < 1.29 is 0 Å². The molecule has 0 spiro atoms. The van der Waals surface area contributed by atoms with Gasteiger partial charge in [-0.2, -0.15) is 0 Å². The van der Waals surface area contributed by atoms with E-state index >= 15 is 0 Å². The largest absolute Gasteiger partial charge is 0.399 e. The number of anilines is 1. The Hall–Kier alpha value is -2.54. The first-order valence-corrected chi connectivity index (χ1v) is 6.35. The number of nitrogen functional groups attached to an aromatic ring is 1. The van der Waals surface area contributed by atoms with Crippen LogP contribution in [-0.2, 0) is 0 Å². The molecule has 3 aromatic rings. The third kappa shape index (κ3) is 2.36. The second-order valence-electron chi connectivity index (χ2n) is 4.53. The van der Waals surface area contributed by atoms with Crippen molar-refractivity contribution in [2.75, 3.05) is 5.73 Å². The Labute approximate surface area is 113 Å². The van der Waals surface area contributed by atoms with Crippen LogP contribution in [0.2, 0.25) is 0 Å². The molecule has 0 atom stereocenters. The Balaban J connectivity index is 2.15. The lowest BCUT2D eigenvalue weighted by molar-refractivity contribution is 1.58. The molecular weight excluding hydrogens is 230 g/mol. The molecule has 0 unspecified atom stereocenters. The molecule has 19 heavy (non-hydrogen) atoms. The van der Waals surface area contributed by atoms with Crippen molar-refractivity contribution in [1.82, 2.24) is 0 Å². The van der Waals surface area contributed by atoms with Gasteiger partial charge in [-0.15, -0.1) is 0 Å². The fourth-order valence-corrected chi connectivity index (χ4v) is 2.27. The quantitative estimate of drug-likeness (QED) is 0.656. The maximum absolute atomic E-state index is 5.75. The van der Waals surface area contributed by atoms with Gasteiger partial charge in [0.15, 0.2) is 0 Å². The summed E-state index contributed by atoms with van der Waals surface area (Å²) in [5.74, 6) is 0. The van der Waals surface area contributed by atoms with E-state index in [4.69, 9.17) is 5.73 Å². The fraction of sp³-hybridized carbons (Fsp3) is 0. The molecule has 0 radical (unpaired) electrons. The topological polar surface area (TPSA) is 26.0 Å². The van der Waals surface area contributed by atoms with Gasteiger partial charge in [-0.1, -0.05) is 66.7 Å². The predicted octanol–water partition coefficient (Wildman–Crippen LogP) is 4.60. The van der Waals surface area contributed by atoms with Crippen molar-refractivity contribution in [3.8, 4) is 22.3 Å². The molecule has 0 fully saturated rings. The minimum absolute atomic E-state index is 0.793. The maximum atomic E-state index is 5.75. The second-order valence-corrected chi connectivity index (χ2v) is 4.53. The van der Waals surface area contributed by atoms with E-state index in [1.165, 1.54) is 22.3 Å². The maximum Gasteiger partial charge on any atom is 0.0314 e. The average Bonchev–Trinajstić information content (AvgIpc) is 2.49. The van der Waals surface area contributed by atoms with Gasteiger partial charge in [0, 0.05) is 5.69 Å². The second kappa shape index (κ2) is 4.99. The van der Waals surface area contributed by atoms with Crippen LogP contribution in [-0.4, -0.2) is 0 Å². The van der Waals surface area contributed by atoms with Gasteiger partial charge in [-0.25, -0.2) is 0 Å². The summed E-state index contributed by atoms with van der Waals surface area (Å²) in [5.41, 5.74) is 11.4. The molecule has 1 nitrogen and oxygen atoms in total. The van der Waals surface area contributed by atoms with Crippen LogP contribution < -0.4 is 5.73 Å². The summed E-state index contributed by atoms with van der Waals surface area (Å²) >= 11 is 0. The van der Waals surface area contributed by atoms with E-state index in [-0.39, 0.29) is 0 Å². The first-order chi connectivity index (χ1) is 9.34. The third-order valence-corrected chi connectivity index (χ3v) is 3.23. The van der Waals surface area contributed by atoms with Gasteiger partial charge >= 0.3 is 0 Å². The summed E-state index contributed by atoms with van der Waals surface area (Å²) in [4.78, 5) is 0. The molecule has 0 aliphatic rings. The van der Waals surface area contributed by atoms with E-state index < -0.39 is 0 Å². The summed E-state index contributed by atoms with van der Waals surface area (Å²) in [6.45, 7) is 0. The van der Waals surface area contributed by atoms with Crippen molar-refractivity contribution in [3.05, 3.63) is 78.9 Å². The van der Waals surface area contributed by atoms with E-state index in [1.54, 1.807) is 0 Å². The van der Waals surface area contributed by atoms with Crippen LogP contribution in [0.5, 0.6) is 0 Å². The molecule has 0 aromatic heterocycles. The third-order valence-electron chi connectivity index (χ3n) is 3.23. The van der Waals surface area contributed by atoms with Gasteiger partial charge in [0.25, 0.3) is 0 Å². The summed E-state index contributed by atoms with van der Waals surface area (Å²) in [7, 11) is 0. The first-order valence-electron chi connectivity index (χ1n) is 6.35. The first kappa shape index (κ1) is 11.5. The predicted molar refractivity (Wildman–Crippen MR) is 81.7 cm³/mol. The minimum atomic E-state index is 0.793. The lowest BCUT2D eigenvalue weighted by Gasteiger charge is -2.10. The number of rotatable bonds is 2. The van der Waals surface area contributed by atoms with Gasteiger partial charge in [0.1, 0.15) is 0 Å². The lowest BCUT2D eigenvalue weighted by Crippen LogP contribution is -1.86. The Morgan fingerprint density at radius 3 is 1.53 bits per heavy atom. The zero-order chi connectivity index (χ0) is 13.1. The van der Waals surface area contributed by atoms with Gasteiger partial charge in [0.2, 0.25) is 0 Å². The highest BCUT2D eigenvalue weighted by molar-refractivity contribution is 5.83. The highest BCUT2D eigenvalue weighted by atomic mass is 14.5. The van der Waals surface area contributed by atoms with Gasteiger partial charge in [-0.3, -0.25) is 0 Å². The molecular formula is C18H15N. The van der Waals surface area contributed by atoms with Crippen molar-refractivity contribution in [2.45, 2.75) is 0 Å². The molecule has 0 aliphatic carbocycles. The van der Waals surface area contributed by atoms with Gasteiger partial charge < -0.3 is 5.73 Å². The average molecular weight is 245 g/mol. The number of hydrogen-bond donors (Lipinski definition) is 1. The van der Waals surface area contributed by atoms with Crippen molar-refractivity contribution in [2.24, 2.45) is 0 Å². The highest BCUT2D eigenvalue weighted by Gasteiger charge is 2.05. The van der Waals surface area contributed by atoms with E-state index in [0.29, 0.717) is 0 Å². The van der Waals surface area contributed by atoms with E-state index in [9.17, 15) is 0 Å².